The molecule has 2 heterocycles. The van der Waals surface area contributed by atoms with Crippen LogP contribution in [0.15, 0.2) is 12.4 Å². The van der Waals surface area contributed by atoms with Crippen LogP contribution >= 0.6 is 0 Å². The van der Waals surface area contributed by atoms with Crippen LogP contribution in [0, 0.1) is 5.92 Å². The van der Waals surface area contributed by atoms with E-state index in [0.29, 0.717) is 12.1 Å². The van der Waals surface area contributed by atoms with Crippen molar-refractivity contribution in [2.45, 2.75) is 71.6 Å². The van der Waals surface area contributed by atoms with Crippen LogP contribution in [0.1, 0.15) is 71.1 Å². The zero-order chi connectivity index (χ0) is 13.1. The van der Waals surface area contributed by atoms with E-state index in [4.69, 9.17) is 4.74 Å². The van der Waals surface area contributed by atoms with Crippen molar-refractivity contribution in [2.24, 2.45) is 5.92 Å². The van der Waals surface area contributed by atoms with Crippen molar-refractivity contribution in [3.05, 3.63) is 18.0 Å². The fourth-order valence-corrected chi connectivity index (χ4v) is 2.69. The van der Waals surface area contributed by atoms with Crippen LogP contribution < -0.4 is 0 Å². The van der Waals surface area contributed by atoms with E-state index in [1.807, 2.05) is 20.0 Å². The molecule has 2 fully saturated rings. The summed E-state index contributed by atoms with van der Waals surface area (Å²) < 4.78 is 8.12. The Morgan fingerprint density at radius 2 is 1.94 bits per heavy atom. The fraction of sp³-hybridized carbons (Fsp3) is 0.800. The lowest BCUT2D eigenvalue weighted by molar-refractivity contribution is -0.0604. The molecule has 18 heavy (non-hydrogen) atoms. The topological polar surface area (TPSA) is 27.1 Å². The molecule has 1 saturated carbocycles. The molecule has 0 aromatic carbocycles. The van der Waals surface area contributed by atoms with Gasteiger partial charge >= 0.3 is 0 Å². The van der Waals surface area contributed by atoms with E-state index in [1.165, 1.54) is 24.8 Å². The summed E-state index contributed by atoms with van der Waals surface area (Å²) in [6.45, 7) is 8.49. The molecule has 0 amide bonds. The molecule has 3 rings (SSSR count). The first kappa shape index (κ1) is 13.6. The van der Waals surface area contributed by atoms with Gasteiger partial charge < -0.3 is 4.74 Å². The molecule has 102 valence electrons. The highest BCUT2D eigenvalue weighted by molar-refractivity contribution is 5.10. The van der Waals surface area contributed by atoms with Gasteiger partial charge in [0.05, 0.1) is 24.4 Å². The molecule has 2 aliphatic rings. The van der Waals surface area contributed by atoms with E-state index < -0.39 is 0 Å². The van der Waals surface area contributed by atoms with Crippen LogP contribution in [-0.2, 0) is 4.74 Å². The van der Waals surface area contributed by atoms with Gasteiger partial charge in [0, 0.05) is 11.8 Å². The number of aromatic nitrogens is 2. The molecule has 0 radical (unpaired) electrons. The van der Waals surface area contributed by atoms with Gasteiger partial charge in [-0.05, 0) is 38.5 Å². The second kappa shape index (κ2) is 5.87. The summed E-state index contributed by atoms with van der Waals surface area (Å²) in [5, 5.41) is 4.44. The zero-order valence-corrected chi connectivity index (χ0v) is 12.1. The van der Waals surface area contributed by atoms with Gasteiger partial charge in [0.1, 0.15) is 0 Å². The average Bonchev–Trinajstić information content (AvgIpc) is 3.08. The molecule has 3 unspecified atom stereocenters. The molecule has 3 nitrogen and oxygen atoms in total. The fourth-order valence-electron chi connectivity index (χ4n) is 2.69. The molecular formula is C15H26N2O. The maximum Gasteiger partial charge on any atom is 0.0861 e. The van der Waals surface area contributed by atoms with Gasteiger partial charge in [-0.25, -0.2) is 0 Å². The highest BCUT2D eigenvalue weighted by Gasteiger charge is 2.29. The molecule has 0 N–H and O–H groups in total. The molecule has 1 aromatic heterocycles. The van der Waals surface area contributed by atoms with Crippen molar-refractivity contribution < 1.29 is 4.74 Å². The molecule has 1 aromatic rings. The number of hydrogen-bond acceptors (Lipinski definition) is 2. The molecule has 1 aliphatic heterocycles. The molecule has 0 spiro atoms. The smallest absolute Gasteiger partial charge is 0.0861 e. The third-order valence-corrected chi connectivity index (χ3v) is 3.66. The van der Waals surface area contributed by atoms with Gasteiger partial charge in [-0.1, -0.05) is 20.8 Å². The third-order valence-electron chi connectivity index (χ3n) is 3.66. The second-order valence-corrected chi connectivity index (χ2v) is 5.50. The SMILES string of the molecule is CC.CC1CC(C)OC(c2cnn(C3CC3)c2)C1. The highest BCUT2D eigenvalue weighted by Crippen LogP contribution is 2.37. The summed E-state index contributed by atoms with van der Waals surface area (Å²) in [6, 6.07) is 0.673. The Hall–Kier alpha value is -0.830. The predicted octanol–water partition coefficient (Wildman–Crippen LogP) is 4.12. The quantitative estimate of drug-likeness (QED) is 0.789. The summed E-state index contributed by atoms with van der Waals surface area (Å²) >= 11 is 0. The van der Waals surface area contributed by atoms with E-state index >= 15 is 0 Å². The number of ether oxygens (including phenoxy) is 1. The van der Waals surface area contributed by atoms with Crippen LogP contribution in [0.2, 0.25) is 0 Å². The molecule has 3 heteroatoms. The van der Waals surface area contributed by atoms with Crippen LogP contribution in [0.3, 0.4) is 0 Å². The van der Waals surface area contributed by atoms with Gasteiger partial charge in [0.15, 0.2) is 0 Å². The maximum absolute atomic E-state index is 6.00. The first-order valence-electron chi connectivity index (χ1n) is 7.42. The number of rotatable bonds is 2. The molecule has 1 aliphatic carbocycles. The summed E-state index contributed by atoms with van der Waals surface area (Å²) in [4.78, 5) is 0. The van der Waals surface area contributed by atoms with Crippen molar-refractivity contribution >= 4 is 0 Å². The summed E-state index contributed by atoms with van der Waals surface area (Å²) in [7, 11) is 0. The van der Waals surface area contributed by atoms with Crippen molar-refractivity contribution in [1.82, 2.24) is 9.78 Å². The lowest BCUT2D eigenvalue weighted by Crippen LogP contribution is -2.24. The summed E-state index contributed by atoms with van der Waals surface area (Å²) in [6.07, 6.45) is 9.75. The Morgan fingerprint density at radius 1 is 1.22 bits per heavy atom. The van der Waals surface area contributed by atoms with Crippen LogP contribution in [0.5, 0.6) is 0 Å². The van der Waals surface area contributed by atoms with E-state index in [2.05, 4.69) is 29.8 Å². The number of hydrogen-bond donors (Lipinski definition) is 0. The molecule has 3 atom stereocenters. The largest absolute Gasteiger partial charge is 0.370 e. The Kier molecular flexibility index (Phi) is 4.44. The highest BCUT2D eigenvalue weighted by atomic mass is 16.5. The zero-order valence-electron chi connectivity index (χ0n) is 12.1. The molecule has 0 bridgehead atoms. The van der Waals surface area contributed by atoms with Crippen molar-refractivity contribution in [3.63, 3.8) is 0 Å². The normalized spacial score (nSPS) is 31.7. The average molecular weight is 250 g/mol. The summed E-state index contributed by atoms with van der Waals surface area (Å²) in [5.74, 6) is 0.762. The summed E-state index contributed by atoms with van der Waals surface area (Å²) in [5.41, 5.74) is 1.27. The first-order chi connectivity index (χ1) is 8.72. The third kappa shape index (κ3) is 3.14. The Balaban J connectivity index is 0.000000574. The van der Waals surface area contributed by atoms with Gasteiger partial charge in [-0.3, -0.25) is 4.68 Å². The van der Waals surface area contributed by atoms with Crippen molar-refractivity contribution in [2.75, 3.05) is 0 Å². The first-order valence-corrected chi connectivity index (χ1v) is 7.42. The van der Waals surface area contributed by atoms with E-state index in [-0.39, 0.29) is 6.10 Å². The molecule has 1 saturated heterocycles. The molecular weight excluding hydrogens is 224 g/mol. The number of nitrogens with zero attached hydrogens (tertiary/aromatic N) is 2. The van der Waals surface area contributed by atoms with Gasteiger partial charge in [-0.2, -0.15) is 5.10 Å². The van der Waals surface area contributed by atoms with Crippen molar-refractivity contribution in [1.29, 1.82) is 0 Å². The second-order valence-electron chi connectivity index (χ2n) is 5.50. The Bertz CT molecular complexity index is 360. The minimum atomic E-state index is 0.270. The minimum Gasteiger partial charge on any atom is -0.370 e. The Labute approximate surface area is 111 Å². The predicted molar refractivity (Wildman–Crippen MR) is 73.5 cm³/mol. The lowest BCUT2D eigenvalue weighted by atomic mass is 9.92. The van der Waals surface area contributed by atoms with E-state index in [1.54, 1.807) is 0 Å². The van der Waals surface area contributed by atoms with Crippen LogP contribution in [0.4, 0.5) is 0 Å². The van der Waals surface area contributed by atoms with Gasteiger partial charge in [0.25, 0.3) is 0 Å². The van der Waals surface area contributed by atoms with Gasteiger partial charge in [0.2, 0.25) is 0 Å². The lowest BCUT2D eigenvalue weighted by Gasteiger charge is -2.31. The van der Waals surface area contributed by atoms with Crippen molar-refractivity contribution in [3.8, 4) is 0 Å². The van der Waals surface area contributed by atoms with Crippen LogP contribution in [-0.4, -0.2) is 15.9 Å². The van der Waals surface area contributed by atoms with E-state index in [0.717, 1.165) is 12.3 Å². The van der Waals surface area contributed by atoms with Gasteiger partial charge in [-0.15, -0.1) is 0 Å². The minimum absolute atomic E-state index is 0.270. The van der Waals surface area contributed by atoms with Crippen LogP contribution in [0.25, 0.3) is 0 Å². The van der Waals surface area contributed by atoms with E-state index in [9.17, 15) is 0 Å². The standard InChI is InChI=1S/C13H20N2O.C2H6/c1-9-5-10(2)16-13(6-9)11-7-14-15(8-11)12-3-4-12;1-2/h7-10,12-13H,3-6H2,1-2H3;1-2H3. The Morgan fingerprint density at radius 3 is 2.56 bits per heavy atom. The maximum atomic E-state index is 6.00. The monoisotopic (exact) mass is 250 g/mol.